The predicted molar refractivity (Wildman–Crippen MR) is 70.5 cm³/mol. The van der Waals surface area contributed by atoms with Crippen LogP contribution in [0.5, 0.6) is 0 Å². The summed E-state index contributed by atoms with van der Waals surface area (Å²) in [5, 5.41) is 7.71. The van der Waals surface area contributed by atoms with E-state index in [2.05, 4.69) is 36.2 Å². The highest BCUT2D eigenvalue weighted by Gasteiger charge is 2.32. The monoisotopic (exact) mass is 252 g/mol. The average Bonchev–Trinajstić information content (AvgIpc) is 2.94. The number of nitrogens with zero attached hydrogens (tertiary/aromatic N) is 3. The fourth-order valence-corrected chi connectivity index (χ4v) is 2.79. The molecular formula is C13H24N4O. The van der Waals surface area contributed by atoms with Crippen molar-refractivity contribution in [3.8, 4) is 0 Å². The third kappa shape index (κ3) is 2.72. The van der Waals surface area contributed by atoms with Crippen LogP contribution in [0, 0.1) is 5.92 Å². The van der Waals surface area contributed by atoms with Gasteiger partial charge in [-0.3, -0.25) is 0 Å². The number of hydrogen-bond acceptors (Lipinski definition) is 4. The molecular weight excluding hydrogens is 228 g/mol. The molecule has 1 N–H and O–H groups in total. The number of rotatable bonds is 5. The van der Waals surface area contributed by atoms with Crippen molar-refractivity contribution in [2.24, 2.45) is 5.92 Å². The van der Waals surface area contributed by atoms with Crippen LogP contribution >= 0.6 is 0 Å². The Labute approximate surface area is 109 Å². The van der Waals surface area contributed by atoms with Gasteiger partial charge in [0.2, 0.25) is 0 Å². The second-order valence-electron chi connectivity index (χ2n) is 5.34. The lowest BCUT2D eigenvalue weighted by Crippen LogP contribution is -2.39. The molecule has 0 aliphatic carbocycles. The molecule has 1 aromatic heterocycles. The van der Waals surface area contributed by atoms with E-state index in [-0.39, 0.29) is 0 Å². The van der Waals surface area contributed by atoms with Crippen LogP contribution in [0.3, 0.4) is 0 Å². The Morgan fingerprint density at radius 1 is 1.56 bits per heavy atom. The highest BCUT2D eigenvalue weighted by Crippen LogP contribution is 2.25. The van der Waals surface area contributed by atoms with E-state index in [1.807, 2.05) is 11.7 Å². The standard InChI is InChI=1S/C13H24N4O/c1-9(2)17-13(15-8-16-17)7-12(14-4)11-5-6-18-10(11)3/h8-12,14H,5-7H2,1-4H3. The second kappa shape index (κ2) is 5.80. The molecule has 0 aromatic carbocycles. The van der Waals surface area contributed by atoms with Crippen LogP contribution in [0.2, 0.25) is 0 Å². The lowest BCUT2D eigenvalue weighted by molar-refractivity contribution is 0.0959. The highest BCUT2D eigenvalue weighted by molar-refractivity contribution is 4.95. The topological polar surface area (TPSA) is 52.0 Å². The Hall–Kier alpha value is -0.940. The fourth-order valence-electron chi connectivity index (χ4n) is 2.79. The van der Waals surface area contributed by atoms with Crippen molar-refractivity contribution in [1.29, 1.82) is 0 Å². The van der Waals surface area contributed by atoms with Gasteiger partial charge in [0, 0.05) is 31.0 Å². The maximum Gasteiger partial charge on any atom is 0.138 e. The quantitative estimate of drug-likeness (QED) is 0.861. The molecule has 102 valence electrons. The van der Waals surface area contributed by atoms with Crippen LogP contribution in [0.25, 0.3) is 0 Å². The van der Waals surface area contributed by atoms with Gasteiger partial charge in [-0.25, -0.2) is 9.67 Å². The van der Waals surface area contributed by atoms with Crippen molar-refractivity contribution in [2.45, 2.75) is 51.8 Å². The van der Waals surface area contributed by atoms with Gasteiger partial charge in [0.25, 0.3) is 0 Å². The molecule has 18 heavy (non-hydrogen) atoms. The van der Waals surface area contributed by atoms with E-state index in [0.29, 0.717) is 24.1 Å². The predicted octanol–water partition coefficient (Wildman–Crippen LogP) is 1.41. The molecule has 0 spiro atoms. The lowest BCUT2D eigenvalue weighted by Gasteiger charge is -2.25. The summed E-state index contributed by atoms with van der Waals surface area (Å²) in [6.45, 7) is 7.30. The first-order chi connectivity index (χ1) is 8.63. The fraction of sp³-hybridized carbons (Fsp3) is 0.846. The molecule has 5 nitrogen and oxygen atoms in total. The van der Waals surface area contributed by atoms with Crippen molar-refractivity contribution < 1.29 is 4.74 Å². The Morgan fingerprint density at radius 2 is 2.33 bits per heavy atom. The molecule has 1 aromatic rings. The minimum absolute atomic E-state index is 0.331. The minimum Gasteiger partial charge on any atom is -0.378 e. The molecule has 0 radical (unpaired) electrons. The second-order valence-corrected chi connectivity index (χ2v) is 5.34. The van der Waals surface area contributed by atoms with Gasteiger partial charge in [0.15, 0.2) is 0 Å². The highest BCUT2D eigenvalue weighted by atomic mass is 16.5. The van der Waals surface area contributed by atoms with Gasteiger partial charge in [0.05, 0.1) is 6.10 Å². The summed E-state index contributed by atoms with van der Waals surface area (Å²) in [4.78, 5) is 4.39. The van der Waals surface area contributed by atoms with Crippen molar-refractivity contribution in [2.75, 3.05) is 13.7 Å². The molecule has 2 heterocycles. The van der Waals surface area contributed by atoms with E-state index < -0.39 is 0 Å². The van der Waals surface area contributed by atoms with Crippen LogP contribution in [0.4, 0.5) is 0 Å². The summed E-state index contributed by atoms with van der Waals surface area (Å²) in [7, 11) is 2.02. The van der Waals surface area contributed by atoms with Crippen molar-refractivity contribution in [3.05, 3.63) is 12.2 Å². The van der Waals surface area contributed by atoms with E-state index in [1.165, 1.54) is 0 Å². The Kier molecular flexibility index (Phi) is 4.35. The van der Waals surface area contributed by atoms with Gasteiger partial charge < -0.3 is 10.1 Å². The summed E-state index contributed by atoms with van der Waals surface area (Å²) in [5.41, 5.74) is 0. The molecule has 0 saturated carbocycles. The number of hydrogen-bond donors (Lipinski definition) is 1. The summed E-state index contributed by atoms with van der Waals surface area (Å²) >= 11 is 0. The first kappa shape index (κ1) is 13.5. The van der Waals surface area contributed by atoms with E-state index in [4.69, 9.17) is 4.74 Å². The zero-order valence-corrected chi connectivity index (χ0v) is 11.8. The molecule has 1 aliphatic rings. The maximum atomic E-state index is 5.66. The molecule has 1 saturated heterocycles. The largest absolute Gasteiger partial charge is 0.378 e. The molecule has 2 rings (SSSR count). The maximum absolute atomic E-state index is 5.66. The molecule has 3 unspecified atom stereocenters. The SMILES string of the molecule is CNC(Cc1ncnn1C(C)C)C1CCOC1C. The Balaban J connectivity index is 2.08. The lowest BCUT2D eigenvalue weighted by atomic mass is 9.91. The van der Waals surface area contributed by atoms with Crippen LogP contribution in [-0.4, -0.2) is 40.6 Å². The van der Waals surface area contributed by atoms with E-state index in [9.17, 15) is 0 Å². The molecule has 5 heteroatoms. The average molecular weight is 252 g/mol. The van der Waals surface area contributed by atoms with Gasteiger partial charge in [-0.15, -0.1) is 0 Å². The van der Waals surface area contributed by atoms with Gasteiger partial charge in [-0.1, -0.05) is 0 Å². The van der Waals surface area contributed by atoms with Crippen molar-refractivity contribution in [1.82, 2.24) is 20.1 Å². The first-order valence-corrected chi connectivity index (χ1v) is 6.80. The van der Waals surface area contributed by atoms with Crippen LogP contribution in [0.15, 0.2) is 6.33 Å². The zero-order valence-electron chi connectivity index (χ0n) is 11.8. The summed E-state index contributed by atoms with van der Waals surface area (Å²) in [5.74, 6) is 1.62. The van der Waals surface area contributed by atoms with Crippen molar-refractivity contribution in [3.63, 3.8) is 0 Å². The van der Waals surface area contributed by atoms with Gasteiger partial charge >= 0.3 is 0 Å². The molecule has 1 aliphatic heterocycles. The molecule has 3 atom stereocenters. The number of likely N-dealkylation sites (N-methyl/N-ethyl adjacent to an activating group) is 1. The van der Waals surface area contributed by atoms with E-state index in [1.54, 1.807) is 6.33 Å². The number of ether oxygens (including phenoxy) is 1. The molecule has 0 amide bonds. The van der Waals surface area contributed by atoms with Crippen LogP contribution in [-0.2, 0) is 11.2 Å². The van der Waals surface area contributed by atoms with Crippen molar-refractivity contribution >= 4 is 0 Å². The van der Waals surface area contributed by atoms with Gasteiger partial charge in [-0.05, 0) is 34.2 Å². The third-order valence-corrected chi connectivity index (χ3v) is 3.86. The Bertz CT molecular complexity index is 377. The van der Waals surface area contributed by atoms with Gasteiger partial charge in [-0.2, -0.15) is 5.10 Å². The summed E-state index contributed by atoms with van der Waals surface area (Å²) in [6.07, 6.45) is 4.02. The van der Waals surface area contributed by atoms with Crippen LogP contribution < -0.4 is 5.32 Å². The number of nitrogens with one attached hydrogen (secondary N) is 1. The first-order valence-electron chi connectivity index (χ1n) is 6.80. The minimum atomic E-state index is 0.331. The van der Waals surface area contributed by atoms with Gasteiger partial charge in [0.1, 0.15) is 12.2 Å². The van der Waals surface area contributed by atoms with E-state index in [0.717, 1.165) is 25.3 Å². The van der Waals surface area contributed by atoms with Crippen LogP contribution in [0.1, 0.15) is 39.1 Å². The number of aromatic nitrogens is 3. The molecule has 1 fully saturated rings. The summed E-state index contributed by atoms with van der Waals surface area (Å²) < 4.78 is 7.67. The zero-order chi connectivity index (χ0) is 13.1. The molecule has 0 bridgehead atoms. The normalized spacial score (nSPS) is 25.8. The van der Waals surface area contributed by atoms with E-state index >= 15 is 0 Å². The Morgan fingerprint density at radius 3 is 2.89 bits per heavy atom. The smallest absolute Gasteiger partial charge is 0.138 e. The summed E-state index contributed by atoms with van der Waals surface area (Å²) in [6, 6.07) is 0.765. The third-order valence-electron chi connectivity index (χ3n) is 3.86.